The van der Waals surface area contributed by atoms with Crippen LogP contribution in [0.15, 0.2) is 42.6 Å². The van der Waals surface area contributed by atoms with Crippen molar-refractivity contribution in [1.29, 1.82) is 0 Å². The molecule has 0 fully saturated rings. The average Bonchev–Trinajstić information content (AvgIpc) is 2.80. The molecule has 3 nitrogen and oxygen atoms in total. The summed E-state index contributed by atoms with van der Waals surface area (Å²) in [5.41, 5.74) is 5.51. The second-order valence-electron chi connectivity index (χ2n) is 5.54. The van der Waals surface area contributed by atoms with Gasteiger partial charge in [-0.15, -0.1) is 0 Å². The Morgan fingerprint density at radius 3 is 2.52 bits per heavy atom. The Morgan fingerprint density at radius 2 is 1.86 bits per heavy atom. The first-order chi connectivity index (χ1) is 10.1. The summed E-state index contributed by atoms with van der Waals surface area (Å²) in [7, 11) is 4.14. The minimum Gasteiger partial charge on any atom is -0.304 e. The number of imidazole rings is 1. The first kappa shape index (κ1) is 14.1. The van der Waals surface area contributed by atoms with Gasteiger partial charge in [-0.05, 0) is 44.8 Å². The van der Waals surface area contributed by atoms with Crippen LogP contribution in [0.3, 0.4) is 0 Å². The molecule has 0 amide bonds. The molecule has 0 unspecified atom stereocenters. The van der Waals surface area contributed by atoms with E-state index in [4.69, 9.17) is 16.6 Å². The molecule has 0 atom stereocenters. The number of aromatic nitrogens is 2. The lowest BCUT2D eigenvalue weighted by molar-refractivity contribution is 0.396. The van der Waals surface area contributed by atoms with Gasteiger partial charge >= 0.3 is 0 Å². The standard InChI is InChI=1S/C17H18ClN3/c1-12-5-4-10-21-15(11-20(2)3)16(19-17(12)21)13-6-8-14(18)9-7-13/h4-10H,11H2,1-3H3. The molecule has 0 bridgehead atoms. The summed E-state index contributed by atoms with van der Waals surface area (Å²) in [6.07, 6.45) is 2.08. The normalized spacial score (nSPS) is 11.5. The third-order valence-electron chi connectivity index (χ3n) is 3.53. The summed E-state index contributed by atoms with van der Waals surface area (Å²) < 4.78 is 2.18. The lowest BCUT2D eigenvalue weighted by atomic mass is 10.1. The topological polar surface area (TPSA) is 20.5 Å². The smallest absolute Gasteiger partial charge is 0.140 e. The number of rotatable bonds is 3. The van der Waals surface area contributed by atoms with Crippen molar-refractivity contribution in [2.75, 3.05) is 14.1 Å². The van der Waals surface area contributed by atoms with Gasteiger partial charge in [0.15, 0.2) is 0 Å². The van der Waals surface area contributed by atoms with Gasteiger partial charge in [-0.2, -0.15) is 0 Å². The van der Waals surface area contributed by atoms with Crippen molar-refractivity contribution < 1.29 is 0 Å². The molecular weight excluding hydrogens is 282 g/mol. The molecule has 0 N–H and O–H groups in total. The molecule has 3 rings (SSSR count). The number of hydrogen-bond donors (Lipinski definition) is 0. The second kappa shape index (κ2) is 5.51. The summed E-state index contributed by atoms with van der Waals surface area (Å²) in [5.74, 6) is 0. The fourth-order valence-corrected chi connectivity index (χ4v) is 2.67. The fraction of sp³-hybridized carbons (Fsp3) is 0.235. The largest absolute Gasteiger partial charge is 0.304 e. The Balaban J connectivity index is 2.25. The summed E-state index contributed by atoms with van der Waals surface area (Å²) in [6, 6.07) is 12.0. The predicted molar refractivity (Wildman–Crippen MR) is 87.8 cm³/mol. The summed E-state index contributed by atoms with van der Waals surface area (Å²) in [4.78, 5) is 7.02. The van der Waals surface area contributed by atoms with Crippen LogP contribution < -0.4 is 0 Å². The van der Waals surface area contributed by atoms with E-state index < -0.39 is 0 Å². The number of fused-ring (bicyclic) bond motifs is 1. The van der Waals surface area contributed by atoms with E-state index >= 15 is 0 Å². The number of hydrogen-bond acceptors (Lipinski definition) is 2. The van der Waals surface area contributed by atoms with Gasteiger partial charge in [0.2, 0.25) is 0 Å². The molecule has 0 aliphatic heterocycles. The van der Waals surface area contributed by atoms with Crippen molar-refractivity contribution in [2.24, 2.45) is 0 Å². The minimum atomic E-state index is 0.743. The zero-order valence-electron chi connectivity index (χ0n) is 12.5. The molecule has 108 valence electrons. The van der Waals surface area contributed by atoms with E-state index in [9.17, 15) is 0 Å². The van der Waals surface area contributed by atoms with Crippen LogP contribution in [-0.4, -0.2) is 28.4 Å². The number of aryl methyl sites for hydroxylation is 1. The molecule has 2 heterocycles. The highest BCUT2D eigenvalue weighted by Gasteiger charge is 2.15. The molecule has 2 aromatic heterocycles. The highest BCUT2D eigenvalue weighted by Crippen LogP contribution is 2.27. The van der Waals surface area contributed by atoms with E-state index in [2.05, 4.69) is 48.6 Å². The van der Waals surface area contributed by atoms with Crippen LogP contribution in [0.5, 0.6) is 0 Å². The number of pyridine rings is 1. The van der Waals surface area contributed by atoms with Crippen LogP contribution in [0.2, 0.25) is 5.02 Å². The van der Waals surface area contributed by atoms with Gasteiger partial charge in [-0.3, -0.25) is 0 Å². The molecule has 0 aliphatic rings. The first-order valence-electron chi connectivity index (χ1n) is 6.93. The van der Waals surface area contributed by atoms with Crippen molar-refractivity contribution in [3.8, 4) is 11.3 Å². The molecule has 0 aliphatic carbocycles. The summed E-state index contributed by atoms with van der Waals surface area (Å²) in [5, 5.41) is 0.743. The van der Waals surface area contributed by atoms with E-state index in [0.29, 0.717) is 0 Å². The molecule has 1 aromatic carbocycles. The Kier molecular flexibility index (Phi) is 3.70. The van der Waals surface area contributed by atoms with Crippen molar-refractivity contribution in [3.63, 3.8) is 0 Å². The summed E-state index contributed by atoms with van der Waals surface area (Å²) >= 11 is 5.99. The van der Waals surface area contributed by atoms with Gasteiger partial charge < -0.3 is 9.30 Å². The van der Waals surface area contributed by atoms with E-state index in [1.54, 1.807) is 0 Å². The Morgan fingerprint density at radius 1 is 1.14 bits per heavy atom. The van der Waals surface area contributed by atoms with Crippen LogP contribution in [0.4, 0.5) is 0 Å². The van der Waals surface area contributed by atoms with Gasteiger partial charge in [0.1, 0.15) is 5.65 Å². The van der Waals surface area contributed by atoms with E-state index in [-0.39, 0.29) is 0 Å². The zero-order valence-corrected chi connectivity index (χ0v) is 13.2. The van der Waals surface area contributed by atoms with Gasteiger partial charge in [0.25, 0.3) is 0 Å². The average molecular weight is 300 g/mol. The lowest BCUT2D eigenvalue weighted by Crippen LogP contribution is -2.13. The van der Waals surface area contributed by atoms with E-state index in [0.717, 1.165) is 28.5 Å². The third-order valence-corrected chi connectivity index (χ3v) is 3.78. The predicted octanol–water partition coefficient (Wildman–Crippen LogP) is 4.02. The van der Waals surface area contributed by atoms with Gasteiger partial charge in [0.05, 0.1) is 11.4 Å². The van der Waals surface area contributed by atoms with E-state index in [1.165, 1.54) is 11.3 Å². The number of nitrogens with zero attached hydrogens (tertiary/aromatic N) is 3. The van der Waals surface area contributed by atoms with Crippen molar-refractivity contribution >= 4 is 17.2 Å². The maximum atomic E-state index is 5.99. The molecular formula is C17H18ClN3. The highest BCUT2D eigenvalue weighted by atomic mass is 35.5. The molecule has 0 saturated heterocycles. The Hall–Kier alpha value is -1.84. The second-order valence-corrected chi connectivity index (χ2v) is 5.97. The minimum absolute atomic E-state index is 0.743. The highest BCUT2D eigenvalue weighted by molar-refractivity contribution is 6.30. The quantitative estimate of drug-likeness (QED) is 0.728. The van der Waals surface area contributed by atoms with Gasteiger partial charge in [-0.25, -0.2) is 4.98 Å². The van der Waals surface area contributed by atoms with Crippen LogP contribution in [0.1, 0.15) is 11.3 Å². The molecule has 0 radical (unpaired) electrons. The monoisotopic (exact) mass is 299 g/mol. The molecule has 4 heteroatoms. The molecule has 0 saturated carbocycles. The Labute approximate surface area is 129 Å². The zero-order chi connectivity index (χ0) is 15.0. The first-order valence-corrected chi connectivity index (χ1v) is 7.31. The van der Waals surface area contributed by atoms with E-state index in [1.807, 2.05) is 24.3 Å². The van der Waals surface area contributed by atoms with Gasteiger partial charge in [0, 0.05) is 23.3 Å². The number of halogens is 1. The molecule has 21 heavy (non-hydrogen) atoms. The maximum absolute atomic E-state index is 5.99. The summed E-state index contributed by atoms with van der Waals surface area (Å²) in [6.45, 7) is 2.93. The SMILES string of the molecule is Cc1cccn2c(CN(C)C)c(-c3ccc(Cl)cc3)nc12. The molecule has 3 aromatic rings. The maximum Gasteiger partial charge on any atom is 0.140 e. The number of benzene rings is 1. The fourth-order valence-electron chi connectivity index (χ4n) is 2.54. The Bertz CT molecular complexity index is 773. The molecule has 0 spiro atoms. The lowest BCUT2D eigenvalue weighted by Gasteiger charge is -2.11. The van der Waals surface area contributed by atoms with Gasteiger partial charge in [-0.1, -0.05) is 29.8 Å². The van der Waals surface area contributed by atoms with Crippen LogP contribution in [-0.2, 0) is 6.54 Å². The van der Waals surface area contributed by atoms with Crippen molar-refractivity contribution in [2.45, 2.75) is 13.5 Å². The van der Waals surface area contributed by atoms with Crippen molar-refractivity contribution in [1.82, 2.24) is 14.3 Å². The van der Waals surface area contributed by atoms with Crippen LogP contribution in [0, 0.1) is 6.92 Å². The third kappa shape index (κ3) is 2.67. The van der Waals surface area contributed by atoms with Crippen LogP contribution in [0.25, 0.3) is 16.9 Å². The van der Waals surface area contributed by atoms with Crippen LogP contribution >= 0.6 is 11.6 Å². The van der Waals surface area contributed by atoms with Crippen molar-refractivity contribution in [3.05, 3.63) is 58.9 Å².